The normalized spacial score (nSPS) is 15.7. The van der Waals surface area contributed by atoms with Crippen molar-refractivity contribution in [3.63, 3.8) is 0 Å². The van der Waals surface area contributed by atoms with Crippen molar-refractivity contribution in [2.24, 2.45) is 0 Å². The first-order chi connectivity index (χ1) is 12.0. The van der Waals surface area contributed by atoms with Gasteiger partial charge in [0.2, 0.25) is 5.83 Å². The summed E-state index contributed by atoms with van der Waals surface area (Å²) in [7, 11) is 0. The monoisotopic (exact) mass is 384 g/mol. The van der Waals surface area contributed by atoms with Gasteiger partial charge in [-0.25, -0.2) is 4.79 Å². The Kier molecular flexibility index (Phi) is 5.42. The largest absolute Gasteiger partial charge is 0.461 e. The first-order valence-corrected chi connectivity index (χ1v) is 8.39. The quantitative estimate of drug-likeness (QED) is 0.590. The zero-order chi connectivity index (χ0) is 18.0. The number of hydrogen-bond donors (Lipinski definition) is 0. The van der Waals surface area contributed by atoms with Crippen LogP contribution in [0.3, 0.4) is 0 Å². The van der Waals surface area contributed by atoms with E-state index in [0.717, 1.165) is 5.56 Å². The Labute approximate surface area is 153 Å². The molecule has 2 aromatic rings. The number of hydrogen-bond acceptors (Lipinski definition) is 4. The SMILES string of the molecule is CCOC(=O)/C(F)=C1/COCc2cnn(Cc3ccc(Cl)cc3Cl)c21. The minimum Gasteiger partial charge on any atom is -0.461 e. The van der Waals surface area contributed by atoms with Crippen molar-refractivity contribution < 1.29 is 18.7 Å². The van der Waals surface area contributed by atoms with Crippen molar-refractivity contribution in [1.82, 2.24) is 9.78 Å². The van der Waals surface area contributed by atoms with Crippen LogP contribution in [0.25, 0.3) is 5.57 Å². The highest BCUT2D eigenvalue weighted by molar-refractivity contribution is 6.35. The molecule has 0 saturated carbocycles. The van der Waals surface area contributed by atoms with Crippen molar-refractivity contribution in [2.75, 3.05) is 13.2 Å². The molecule has 1 aliphatic heterocycles. The van der Waals surface area contributed by atoms with Crippen LogP contribution < -0.4 is 0 Å². The number of aromatic nitrogens is 2. The van der Waals surface area contributed by atoms with Gasteiger partial charge in [0.25, 0.3) is 0 Å². The summed E-state index contributed by atoms with van der Waals surface area (Å²) in [5, 5.41) is 5.30. The van der Waals surface area contributed by atoms with Crippen LogP contribution in [0.2, 0.25) is 10.0 Å². The summed E-state index contributed by atoms with van der Waals surface area (Å²) in [6.45, 7) is 2.28. The number of carbonyl (C=O) groups excluding carboxylic acids is 1. The van der Waals surface area contributed by atoms with E-state index in [9.17, 15) is 9.18 Å². The van der Waals surface area contributed by atoms with Crippen LogP contribution in [0.5, 0.6) is 0 Å². The second-order valence-corrected chi connectivity index (χ2v) is 6.26. The molecule has 0 fully saturated rings. The van der Waals surface area contributed by atoms with Crippen LogP contribution in [0.15, 0.2) is 30.2 Å². The third-order valence-electron chi connectivity index (χ3n) is 3.76. The number of carbonyl (C=O) groups is 1. The number of halogens is 3. The fraction of sp³-hybridized carbons (Fsp3) is 0.294. The Hall–Kier alpha value is -1.89. The van der Waals surface area contributed by atoms with Crippen molar-refractivity contribution in [1.29, 1.82) is 0 Å². The van der Waals surface area contributed by atoms with Gasteiger partial charge >= 0.3 is 5.97 Å². The van der Waals surface area contributed by atoms with E-state index in [2.05, 4.69) is 5.10 Å². The molecule has 1 aromatic heterocycles. The van der Waals surface area contributed by atoms with E-state index >= 15 is 0 Å². The molecule has 2 heterocycles. The lowest BCUT2D eigenvalue weighted by Gasteiger charge is -2.19. The maximum atomic E-state index is 14.5. The molecule has 8 heteroatoms. The highest BCUT2D eigenvalue weighted by Crippen LogP contribution is 2.31. The summed E-state index contributed by atoms with van der Waals surface area (Å²) >= 11 is 12.1. The van der Waals surface area contributed by atoms with E-state index in [0.29, 0.717) is 34.5 Å². The number of benzene rings is 1. The van der Waals surface area contributed by atoms with Gasteiger partial charge < -0.3 is 9.47 Å². The molecule has 1 aromatic carbocycles. The Morgan fingerprint density at radius 1 is 1.40 bits per heavy atom. The predicted molar refractivity (Wildman–Crippen MR) is 92.1 cm³/mol. The minimum atomic E-state index is -1.01. The van der Waals surface area contributed by atoms with Crippen LogP contribution >= 0.6 is 23.2 Å². The highest BCUT2D eigenvalue weighted by atomic mass is 35.5. The molecule has 1 aliphatic rings. The summed E-state index contributed by atoms with van der Waals surface area (Å²) < 4.78 is 26.2. The number of esters is 1. The molecule has 0 spiro atoms. The molecule has 0 radical (unpaired) electrons. The van der Waals surface area contributed by atoms with Gasteiger partial charge in [0.1, 0.15) is 0 Å². The second kappa shape index (κ2) is 7.56. The number of nitrogens with zero attached hydrogens (tertiary/aromatic N) is 2. The van der Waals surface area contributed by atoms with Crippen molar-refractivity contribution in [3.05, 3.63) is 57.1 Å². The number of ether oxygens (including phenoxy) is 2. The van der Waals surface area contributed by atoms with Gasteiger partial charge in [-0.2, -0.15) is 9.49 Å². The average molecular weight is 385 g/mol. The van der Waals surface area contributed by atoms with Crippen LogP contribution in [0.1, 0.15) is 23.7 Å². The first kappa shape index (κ1) is 17.9. The van der Waals surface area contributed by atoms with Crippen LogP contribution in [-0.2, 0) is 27.4 Å². The summed E-state index contributed by atoms with van der Waals surface area (Å²) in [5.74, 6) is -1.97. The minimum absolute atomic E-state index is 0.0301. The standard InChI is InChI=1S/C17H15Cl2FN2O3/c1-2-25-17(23)15(20)13-9-24-8-11-6-21-22(16(11)13)7-10-3-4-12(18)5-14(10)19/h3-6H,2,7-9H2,1H3/b15-13+. The van der Waals surface area contributed by atoms with Crippen LogP contribution in [0, 0.1) is 0 Å². The van der Waals surface area contributed by atoms with Gasteiger partial charge in [-0.15, -0.1) is 0 Å². The third-order valence-corrected chi connectivity index (χ3v) is 4.35. The molecule has 0 N–H and O–H groups in total. The summed E-state index contributed by atoms with van der Waals surface area (Å²) in [4.78, 5) is 11.8. The Morgan fingerprint density at radius 2 is 2.20 bits per heavy atom. The zero-order valence-corrected chi connectivity index (χ0v) is 14.9. The van der Waals surface area contributed by atoms with Crippen molar-refractivity contribution in [3.8, 4) is 0 Å². The maximum Gasteiger partial charge on any atom is 0.367 e. The molecule has 3 rings (SSSR count). The van der Waals surface area contributed by atoms with E-state index < -0.39 is 11.8 Å². The summed E-state index contributed by atoms with van der Waals surface area (Å²) in [5.41, 5.74) is 2.12. The van der Waals surface area contributed by atoms with E-state index in [4.69, 9.17) is 32.7 Å². The molecule has 0 atom stereocenters. The lowest BCUT2D eigenvalue weighted by atomic mass is 10.1. The van der Waals surface area contributed by atoms with Gasteiger partial charge in [-0.1, -0.05) is 29.3 Å². The molecular formula is C17H15Cl2FN2O3. The van der Waals surface area contributed by atoms with E-state index in [1.165, 1.54) is 0 Å². The van der Waals surface area contributed by atoms with E-state index in [1.54, 1.807) is 36.0 Å². The van der Waals surface area contributed by atoms with Gasteiger partial charge in [0.15, 0.2) is 0 Å². The van der Waals surface area contributed by atoms with Gasteiger partial charge in [-0.3, -0.25) is 4.68 Å². The van der Waals surface area contributed by atoms with Crippen molar-refractivity contribution >= 4 is 34.7 Å². The van der Waals surface area contributed by atoms with E-state index in [1.807, 2.05) is 0 Å². The van der Waals surface area contributed by atoms with Gasteiger partial charge in [0.05, 0.1) is 38.3 Å². The smallest absolute Gasteiger partial charge is 0.367 e. The zero-order valence-electron chi connectivity index (χ0n) is 13.4. The number of fused-ring (bicyclic) bond motifs is 1. The Bertz CT molecular complexity index is 848. The van der Waals surface area contributed by atoms with E-state index in [-0.39, 0.29) is 18.8 Å². The second-order valence-electron chi connectivity index (χ2n) is 5.42. The first-order valence-electron chi connectivity index (χ1n) is 7.63. The molecule has 0 amide bonds. The summed E-state index contributed by atoms with van der Waals surface area (Å²) in [6.07, 6.45) is 1.59. The fourth-order valence-corrected chi connectivity index (χ4v) is 3.10. The third kappa shape index (κ3) is 3.71. The topological polar surface area (TPSA) is 53.4 Å². The average Bonchev–Trinajstić information content (AvgIpc) is 3.00. The Balaban J connectivity index is 2.00. The maximum absolute atomic E-state index is 14.5. The lowest BCUT2D eigenvalue weighted by molar-refractivity contribution is -0.140. The van der Waals surface area contributed by atoms with Gasteiger partial charge in [0, 0.05) is 21.2 Å². The molecule has 5 nitrogen and oxygen atoms in total. The molecule has 132 valence electrons. The number of rotatable bonds is 4. The highest BCUT2D eigenvalue weighted by Gasteiger charge is 2.27. The lowest BCUT2D eigenvalue weighted by Crippen LogP contribution is -2.18. The predicted octanol–water partition coefficient (Wildman–Crippen LogP) is 4.01. The van der Waals surface area contributed by atoms with Crippen molar-refractivity contribution in [2.45, 2.75) is 20.1 Å². The fourth-order valence-electron chi connectivity index (χ4n) is 2.63. The molecule has 0 saturated heterocycles. The summed E-state index contributed by atoms with van der Waals surface area (Å²) in [6, 6.07) is 5.13. The van der Waals surface area contributed by atoms with Crippen LogP contribution in [-0.4, -0.2) is 29.0 Å². The molecule has 0 bridgehead atoms. The Morgan fingerprint density at radius 3 is 2.92 bits per heavy atom. The molecule has 0 unspecified atom stereocenters. The molecule has 0 aliphatic carbocycles. The van der Waals surface area contributed by atoms with Crippen LogP contribution in [0.4, 0.5) is 4.39 Å². The molecule has 25 heavy (non-hydrogen) atoms. The van der Waals surface area contributed by atoms with Gasteiger partial charge in [-0.05, 0) is 24.6 Å². The molecular weight excluding hydrogens is 370 g/mol.